The summed E-state index contributed by atoms with van der Waals surface area (Å²) in [5.41, 5.74) is 3.21. The number of aromatic amines is 1. The summed E-state index contributed by atoms with van der Waals surface area (Å²) < 4.78 is 10.1. The highest BCUT2D eigenvalue weighted by Crippen LogP contribution is 2.37. The highest BCUT2D eigenvalue weighted by atomic mass is 35.5. The van der Waals surface area contributed by atoms with Gasteiger partial charge in [-0.15, -0.1) is 0 Å². The minimum Gasteiger partial charge on any atom is -0.504 e. The number of aromatic nitrogens is 1. The topological polar surface area (TPSA) is 104 Å². The van der Waals surface area contributed by atoms with Crippen LogP contribution in [0.4, 0.5) is 5.69 Å². The number of aromatic hydroxyl groups is 1. The van der Waals surface area contributed by atoms with Crippen LogP contribution in [0, 0.1) is 0 Å². The van der Waals surface area contributed by atoms with Gasteiger partial charge < -0.3 is 24.9 Å². The normalized spacial score (nSPS) is 15.9. The number of rotatable bonds is 5. The van der Waals surface area contributed by atoms with Crippen LogP contribution in [0.25, 0.3) is 10.9 Å². The first-order chi connectivity index (χ1) is 15.3. The molecule has 8 nitrogen and oxygen atoms in total. The molecule has 0 saturated carbocycles. The fourth-order valence-electron chi connectivity index (χ4n) is 4.18. The summed E-state index contributed by atoms with van der Waals surface area (Å²) in [6.07, 6.45) is 0.695. The van der Waals surface area contributed by atoms with Gasteiger partial charge in [0.15, 0.2) is 11.5 Å². The second kappa shape index (κ2) is 8.72. The van der Waals surface area contributed by atoms with E-state index in [4.69, 9.17) is 21.1 Å². The van der Waals surface area contributed by atoms with Crippen molar-refractivity contribution in [3.8, 4) is 11.5 Å². The second-order valence-corrected chi connectivity index (χ2v) is 8.16. The zero-order valence-corrected chi connectivity index (χ0v) is 18.7. The lowest BCUT2D eigenvalue weighted by Gasteiger charge is -2.35. The summed E-state index contributed by atoms with van der Waals surface area (Å²) in [5.74, 6) is -0.338. The van der Waals surface area contributed by atoms with Gasteiger partial charge in [-0.25, -0.2) is 4.79 Å². The molecule has 1 atom stereocenters. The molecule has 0 spiro atoms. The number of hydrogen-bond acceptors (Lipinski definition) is 6. The van der Waals surface area contributed by atoms with Gasteiger partial charge in [0.05, 0.1) is 26.5 Å². The van der Waals surface area contributed by atoms with Gasteiger partial charge in [0.2, 0.25) is 5.91 Å². The molecule has 0 radical (unpaired) electrons. The van der Waals surface area contributed by atoms with E-state index in [-0.39, 0.29) is 29.9 Å². The van der Waals surface area contributed by atoms with E-state index in [1.165, 1.54) is 14.2 Å². The van der Waals surface area contributed by atoms with E-state index in [0.29, 0.717) is 40.3 Å². The fourth-order valence-corrected chi connectivity index (χ4v) is 4.35. The van der Waals surface area contributed by atoms with Crippen LogP contribution >= 0.6 is 11.6 Å². The number of nitrogens with zero attached hydrogens (tertiary/aromatic N) is 1. The van der Waals surface area contributed by atoms with E-state index in [1.54, 1.807) is 24.3 Å². The van der Waals surface area contributed by atoms with Crippen LogP contribution in [0.5, 0.6) is 11.5 Å². The van der Waals surface area contributed by atoms with E-state index in [9.17, 15) is 14.7 Å². The van der Waals surface area contributed by atoms with Gasteiger partial charge in [0.1, 0.15) is 5.69 Å². The van der Waals surface area contributed by atoms with Crippen molar-refractivity contribution in [2.75, 3.05) is 32.6 Å². The van der Waals surface area contributed by atoms with Crippen molar-refractivity contribution in [2.24, 2.45) is 0 Å². The Bertz CT molecular complexity index is 1210. The lowest BCUT2D eigenvalue weighted by atomic mass is 9.93. The molecule has 1 aliphatic heterocycles. The molecule has 9 heteroatoms. The number of H-pyrrole nitrogens is 1. The highest BCUT2D eigenvalue weighted by Gasteiger charge is 2.28. The quantitative estimate of drug-likeness (QED) is 0.502. The maximum Gasteiger partial charge on any atom is 0.356 e. The number of benzene rings is 2. The SMILES string of the molecule is COC(=O)c1[nH]c2ccc(Cl)cc2c1NC(=O)CN1CCc2cc(O)c(OC)cc2[C@@H]1C. The zero-order valence-electron chi connectivity index (χ0n) is 18.0. The number of anilines is 1. The Balaban J connectivity index is 1.58. The molecule has 0 aliphatic carbocycles. The standard InChI is InChI=1S/C23H24ClN3O5/c1-12-15-10-19(31-2)18(28)8-13(15)6-7-27(12)11-20(29)26-21-16-9-14(24)4-5-17(16)25-22(21)23(30)32-3/h4-5,8-10,12,25,28H,6-7,11H2,1-3H3,(H,26,29)/t12-/m0/s1. The van der Waals surface area contributed by atoms with E-state index in [2.05, 4.69) is 10.3 Å². The van der Waals surface area contributed by atoms with Gasteiger partial charge in [0.25, 0.3) is 0 Å². The molecule has 0 saturated heterocycles. The molecule has 0 bridgehead atoms. The maximum absolute atomic E-state index is 13.0. The third-order valence-corrected chi connectivity index (χ3v) is 6.10. The number of halogens is 1. The van der Waals surface area contributed by atoms with Crippen LogP contribution in [-0.4, -0.2) is 54.2 Å². The smallest absolute Gasteiger partial charge is 0.356 e. The summed E-state index contributed by atoms with van der Waals surface area (Å²) in [6.45, 7) is 2.78. The Hall–Kier alpha value is -3.23. The third kappa shape index (κ3) is 3.99. The van der Waals surface area contributed by atoms with Gasteiger partial charge >= 0.3 is 5.97 Å². The van der Waals surface area contributed by atoms with Crippen molar-refractivity contribution >= 4 is 40.1 Å². The molecule has 2 aromatic carbocycles. The summed E-state index contributed by atoms with van der Waals surface area (Å²) in [6, 6.07) is 8.61. The predicted octanol–water partition coefficient (Wildman–Crippen LogP) is 3.88. The Kier molecular flexibility index (Phi) is 5.99. The fraction of sp³-hybridized carbons (Fsp3) is 0.304. The minimum atomic E-state index is -0.584. The Labute approximate surface area is 190 Å². The van der Waals surface area contributed by atoms with Crippen LogP contribution < -0.4 is 10.1 Å². The van der Waals surface area contributed by atoms with E-state index >= 15 is 0 Å². The molecule has 3 aromatic rings. The molecule has 32 heavy (non-hydrogen) atoms. The summed E-state index contributed by atoms with van der Waals surface area (Å²) in [4.78, 5) is 30.3. The Morgan fingerprint density at radius 3 is 2.78 bits per heavy atom. The molecular formula is C23H24ClN3O5. The zero-order chi connectivity index (χ0) is 23.0. The molecule has 1 amide bonds. The number of phenols is 1. The number of carbonyl (C=O) groups excluding carboxylic acids is 2. The van der Waals surface area contributed by atoms with Crippen LogP contribution in [-0.2, 0) is 16.0 Å². The van der Waals surface area contributed by atoms with Gasteiger partial charge in [-0.1, -0.05) is 11.6 Å². The molecule has 1 aromatic heterocycles. The van der Waals surface area contributed by atoms with Crippen molar-refractivity contribution in [2.45, 2.75) is 19.4 Å². The molecule has 1 aliphatic rings. The highest BCUT2D eigenvalue weighted by molar-refractivity contribution is 6.31. The van der Waals surface area contributed by atoms with Crippen molar-refractivity contribution in [1.29, 1.82) is 0 Å². The number of hydrogen-bond donors (Lipinski definition) is 3. The van der Waals surface area contributed by atoms with E-state index < -0.39 is 5.97 Å². The Morgan fingerprint density at radius 2 is 2.06 bits per heavy atom. The largest absolute Gasteiger partial charge is 0.504 e. The number of methoxy groups -OCH3 is 2. The number of amides is 1. The third-order valence-electron chi connectivity index (χ3n) is 5.87. The van der Waals surface area contributed by atoms with Gasteiger partial charge in [-0.05, 0) is 54.8 Å². The molecule has 3 N–H and O–H groups in total. The van der Waals surface area contributed by atoms with Crippen molar-refractivity contribution < 1.29 is 24.2 Å². The number of esters is 1. The molecule has 2 heterocycles. The molecule has 0 unspecified atom stereocenters. The van der Waals surface area contributed by atoms with E-state index in [1.807, 2.05) is 17.9 Å². The molecule has 0 fully saturated rings. The molecule has 4 rings (SSSR count). The lowest BCUT2D eigenvalue weighted by Crippen LogP contribution is -2.39. The summed E-state index contributed by atoms with van der Waals surface area (Å²) >= 11 is 6.13. The lowest BCUT2D eigenvalue weighted by molar-refractivity contribution is -0.117. The van der Waals surface area contributed by atoms with E-state index in [0.717, 1.165) is 11.1 Å². The van der Waals surface area contributed by atoms with Gasteiger partial charge in [-0.3, -0.25) is 9.69 Å². The molecular weight excluding hydrogens is 434 g/mol. The number of phenolic OH excluding ortho intramolecular Hbond substituents is 1. The van der Waals surface area contributed by atoms with Crippen molar-refractivity contribution in [1.82, 2.24) is 9.88 Å². The van der Waals surface area contributed by atoms with Crippen LogP contribution in [0.1, 0.15) is 34.6 Å². The molecule has 168 valence electrons. The van der Waals surface area contributed by atoms with Crippen molar-refractivity contribution in [3.63, 3.8) is 0 Å². The first-order valence-electron chi connectivity index (χ1n) is 10.2. The second-order valence-electron chi connectivity index (χ2n) is 7.72. The average molecular weight is 458 g/mol. The first-order valence-corrected chi connectivity index (χ1v) is 10.5. The average Bonchev–Trinajstić information content (AvgIpc) is 3.12. The van der Waals surface area contributed by atoms with Crippen LogP contribution in [0.3, 0.4) is 0 Å². The summed E-state index contributed by atoms with van der Waals surface area (Å²) in [5, 5.41) is 14.0. The van der Waals surface area contributed by atoms with Gasteiger partial charge in [-0.2, -0.15) is 0 Å². The Morgan fingerprint density at radius 1 is 1.28 bits per heavy atom. The van der Waals surface area contributed by atoms with Crippen molar-refractivity contribution in [3.05, 3.63) is 52.2 Å². The number of nitrogens with one attached hydrogen (secondary N) is 2. The number of carbonyl (C=O) groups is 2. The number of fused-ring (bicyclic) bond motifs is 2. The van der Waals surface area contributed by atoms with Gasteiger partial charge in [0, 0.05) is 28.5 Å². The first kappa shape index (κ1) is 22.0. The number of ether oxygens (including phenoxy) is 2. The minimum absolute atomic E-state index is 0.0588. The monoisotopic (exact) mass is 457 g/mol. The maximum atomic E-state index is 13.0. The van der Waals surface area contributed by atoms with Crippen LogP contribution in [0.2, 0.25) is 5.02 Å². The van der Waals surface area contributed by atoms with Crippen LogP contribution in [0.15, 0.2) is 30.3 Å². The predicted molar refractivity (Wildman–Crippen MR) is 122 cm³/mol. The summed E-state index contributed by atoms with van der Waals surface area (Å²) in [7, 11) is 2.79.